The molecule has 0 unspecified atom stereocenters. The van der Waals surface area contributed by atoms with Crippen LogP contribution in [0.4, 0.5) is 34.1 Å². The Hall–Kier alpha value is -2.56. The first kappa shape index (κ1) is 30.4. The van der Waals surface area contributed by atoms with E-state index in [-0.39, 0.29) is 58.7 Å². The summed E-state index contributed by atoms with van der Waals surface area (Å²) in [5.74, 6) is 0. The van der Waals surface area contributed by atoms with Gasteiger partial charge in [-0.2, -0.15) is 0 Å². The predicted octanol–water partition coefficient (Wildman–Crippen LogP) is 1.65. The molecule has 0 aliphatic rings. The first-order chi connectivity index (χ1) is 14.8. The van der Waals surface area contributed by atoms with Crippen LogP contribution >= 0.6 is 0 Å². The summed E-state index contributed by atoms with van der Waals surface area (Å²) in [5.41, 5.74) is -1.44. The van der Waals surface area contributed by atoms with Crippen molar-refractivity contribution in [3.05, 3.63) is 76.9 Å². The van der Waals surface area contributed by atoms with Gasteiger partial charge in [0, 0.05) is 12.1 Å². The SMILES string of the molecule is O=[N+]([O-])c1ccc(NC([S-])=[SH+])c([N+](=O)[O-])c1.O=[N+]([O-])c1ccc(NC([S-])=[SH+])c([N+](=O)[O-])c1.[Cd+2]. The van der Waals surface area contributed by atoms with Crippen LogP contribution in [0.1, 0.15) is 0 Å². The molecule has 0 saturated carbocycles. The molecule has 0 radical (unpaired) electrons. The molecule has 33 heavy (non-hydrogen) atoms. The van der Waals surface area contributed by atoms with Crippen LogP contribution in [0, 0.1) is 40.5 Å². The molecule has 0 heterocycles. The van der Waals surface area contributed by atoms with Crippen molar-refractivity contribution < 1.29 is 47.0 Å². The van der Waals surface area contributed by atoms with Gasteiger partial charge < -0.3 is 35.9 Å². The number of nitro groups is 4. The Kier molecular flexibility index (Phi) is 12.8. The summed E-state index contributed by atoms with van der Waals surface area (Å²) in [6.45, 7) is 0. The standard InChI is InChI=1S/2C7H5N3O4S2.Cd/c2*11-9(12)4-1-2-5(8-7(15)16)6(3-4)10(13)14;/h2*1-3H,(H2,8,15,16);/q;;+2. The van der Waals surface area contributed by atoms with E-state index in [1.54, 1.807) is 0 Å². The average Bonchev–Trinajstić information content (AvgIpc) is 2.67. The minimum atomic E-state index is -0.735. The molecule has 0 spiro atoms. The van der Waals surface area contributed by atoms with Crippen LogP contribution in [0.25, 0.3) is 0 Å². The number of non-ortho nitro benzene ring substituents is 2. The molecule has 2 rings (SSSR count). The zero-order chi connectivity index (χ0) is 24.6. The van der Waals surface area contributed by atoms with E-state index >= 15 is 0 Å². The molecule has 0 aliphatic heterocycles. The van der Waals surface area contributed by atoms with E-state index in [0.717, 1.165) is 24.3 Å². The third-order valence-electron chi connectivity index (χ3n) is 3.26. The van der Waals surface area contributed by atoms with Crippen molar-refractivity contribution in [2.24, 2.45) is 0 Å². The number of hydrogen-bond acceptors (Lipinski definition) is 10. The van der Waals surface area contributed by atoms with Crippen molar-refractivity contribution in [2.45, 2.75) is 0 Å². The van der Waals surface area contributed by atoms with Crippen molar-refractivity contribution >= 4 is 92.5 Å². The average molecular weight is 631 g/mol. The number of thiol groups is 2. The predicted molar refractivity (Wildman–Crippen MR) is 129 cm³/mol. The van der Waals surface area contributed by atoms with E-state index < -0.39 is 31.1 Å². The molecule has 0 aliphatic carbocycles. The molecule has 14 nitrogen and oxygen atoms in total. The third kappa shape index (κ3) is 9.85. The fourth-order valence-corrected chi connectivity index (χ4v) is 2.47. The van der Waals surface area contributed by atoms with Crippen molar-refractivity contribution in [1.82, 2.24) is 0 Å². The Morgan fingerprint density at radius 3 is 1.18 bits per heavy atom. The van der Waals surface area contributed by atoms with Crippen LogP contribution < -0.4 is 10.6 Å². The van der Waals surface area contributed by atoms with E-state index in [4.69, 9.17) is 0 Å². The maximum Gasteiger partial charge on any atom is 2.00 e. The topological polar surface area (TPSA) is 197 Å². The minimum Gasteiger partial charge on any atom is -0.673 e. The van der Waals surface area contributed by atoms with Crippen molar-refractivity contribution in [2.75, 3.05) is 10.6 Å². The van der Waals surface area contributed by atoms with Gasteiger partial charge in [0.25, 0.3) is 22.7 Å². The van der Waals surface area contributed by atoms with Gasteiger partial charge in [-0.3, -0.25) is 40.5 Å². The zero-order valence-electron chi connectivity index (χ0n) is 15.9. The van der Waals surface area contributed by atoms with Gasteiger partial charge in [0.15, 0.2) is 24.4 Å². The molecule has 2 aromatic rings. The first-order valence-electron chi connectivity index (χ1n) is 7.69. The minimum absolute atomic E-state index is 0. The van der Waals surface area contributed by atoms with Crippen LogP contribution in [0.3, 0.4) is 0 Å². The number of nitrogens with zero attached hydrogens (tertiary/aromatic N) is 4. The number of rotatable bonds is 6. The van der Waals surface area contributed by atoms with Gasteiger partial charge >= 0.3 is 27.3 Å². The Labute approximate surface area is 225 Å². The summed E-state index contributed by atoms with van der Waals surface area (Å²) in [6, 6.07) is 6.41. The van der Waals surface area contributed by atoms with E-state index in [0.29, 0.717) is 0 Å². The molecule has 0 bridgehead atoms. The fourth-order valence-electron chi connectivity index (χ4n) is 2.01. The maximum absolute atomic E-state index is 10.7. The van der Waals surface area contributed by atoms with Gasteiger partial charge in [0.05, 0.1) is 31.8 Å². The van der Waals surface area contributed by atoms with Crippen molar-refractivity contribution in [3.8, 4) is 0 Å². The van der Waals surface area contributed by atoms with Crippen LogP contribution in [0.15, 0.2) is 36.4 Å². The van der Waals surface area contributed by atoms with E-state index in [1.165, 1.54) is 12.1 Å². The van der Waals surface area contributed by atoms with E-state index in [1.807, 2.05) is 0 Å². The second-order valence-electron chi connectivity index (χ2n) is 5.29. The van der Waals surface area contributed by atoms with Gasteiger partial charge in [-0.05, 0) is 12.1 Å². The molecule has 168 valence electrons. The van der Waals surface area contributed by atoms with Crippen LogP contribution in [-0.2, 0) is 77.0 Å². The van der Waals surface area contributed by atoms with Crippen LogP contribution in [0.5, 0.6) is 0 Å². The fraction of sp³-hybridized carbons (Fsp3) is 0. The molecule has 0 aromatic heterocycles. The number of anilines is 2. The Balaban J connectivity index is 0.000000602. The van der Waals surface area contributed by atoms with Crippen LogP contribution in [0.2, 0.25) is 0 Å². The molecule has 0 saturated heterocycles. The number of nitro benzene ring substituents is 4. The monoisotopic (exact) mass is 632 g/mol. The van der Waals surface area contributed by atoms with Gasteiger partial charge in [-0.25, -0.2) is 0 Å². The molecule has 0 atom stereocenters. The number of benzene rings is 2. The Morgan fingerprint density at radius 1 is 0.667 bits per heavy atom. The van der Waals surface area contributed by atoms with Gasteiger partial charge in [-0.15, -0.1) is 0 Å². The number of hydrogen-bond donors (Lipinski definition) is 2. The summed E-state index contributed by atoms with van der Waals surface area (Å²) < 4.78 is 0.0777. The maximum atomic E-state index is 10.7. The van der Waals surface area contributed by atoms with Gasteiger partial charge in [0.1, 0.15) is 20.0 Å². The summed E-state index contributed by atoms with van der Waals surface area (Å²) in [4.78, 5) is 39.3. The molecule has 19 heteroatoms. The quantitative estimate of drug-likeness (QED) is 0.0892. The molecular weight excluding hydrogens is 621 g/mol. The van der Waals surface area contributed by atoms with Crippen molar-refractivity contribution in [3.63, 3.8) is 0 Å². The molecular formula is C14H10CdN6O8S4+2. The summed E-state index contributed by atoms with van der Waals surface area (Å²) in [7, 11) is 0. The molecule has 2 N–H and O–H groups in total. The van der Waals surface area contributed by atoms with E-state index in [9.17, 15) is 40.5 Å². The summed E-state index contributed by atoms with van der Waals surface area (Å²) in [5, 5.41) is 47.1. The largest absolute Gasteiger partial charge is 2.00 e. The van der Waals surface area contributed by atoms with Crippen LogP contribution in [-0.4, -0.2) is 28.3 Å². The first-order valence-corrected chi connectivity index (χ1v) is 9.40. The second-order valence-corrected chi connectivity index (χ2v) is 7.61. The Morgan fingerprint density at radius 2 is 0.970 bits per heavy atom. The smallest absolute Gasteiger partial charge is 0.673 e. The molecule has 2 aromatic carbocycles. The second kappa shape index (κ2) is 13.9. The summed E-state index contributed by atoms with van der Waals surface area (Å²) >= 11 is 16.7. The Bertz CT molecular complexity index is 1050. The van der Waals surface area contributed by atoms with Gasteiger partial charge in [-0.1, -0.05) is 0 Å². The molecule has 0 fully saturated rings. The van der Waals surface area contributed by atoms with Gasteiger partial charge in [0.2, 0.25) is 0 Å². The normalized spacial score (nSPS) is 9.27. The van der Waals surface area contributed by atoms with Crippen molar-refractivity contribution in [1.29, 1.82) is 0 Å². The summed E-state index contributed by atoms with van der Waals surface area (Å²) in [6.07, 6.45) is 0. The number of nitrogens with one attached hydrogen (secondary N) is 2. The zero-order valence-corrected chi connectivity index (χ0v) is 23.4. The third-order valence-corrected chi connectivity index (χ3v) is 3.69. The molecule has 0 amide bonds. The van der Waals surface area contributed by atoms with E-state index in [2.05, 4.69) is 60.3 Å².